The largest absolute Gasteiger partial charge is 0.496 e. The van der Waals surface area contributed by atoms with Gasteiger partial charge in [-0.25, -0.2) is 13.2 Å². The van der Waals surface area contributed by atoms with Crippen LogP contribution < -0.4 is 4.74 Å². The summed E-state index contributed by atoms with van der Waals surface area (Å²) in [5, 5.41) is 9.01. The van der Waals surface area contributed by atoms with E-state index in [0.29, 0.717) is 4.31 Å². The van der Waals surface area contributed by atoms with Crippen LogP contribution in [0.15, 0.2) is 23.1 Å². The Morgan fingerprint density at radius 1 is 1.36 bits per heavy atom. The Morgan fingerprint density at radius 2 is 1.95 bits per heavy atom. The maximum atomic E-state index is 12.4. The van der Waals surface area contributed by atoms with Crippen LogP contribution in [0.1, 0.15) is 10.4 Å². The molecule has 0 saturated carbocycles. The Hall–Kier alpha value is -1.81. The Labute approximate surface area is 124 Å². The van der Waals surface area contributed by atoms with Crippen LogP contribution >= 0.6 is 0 Å². The van der Waals surface area contributed by atoms with E-state index in [1.54, 1.807) is 0 Å². The van der Waals surface area contributed by atoms with Gasteiger partial charge in [-0.3, -0.25) is 0 Å². The fourth-order valence-electron chi connectivity index (χ4n) is 2.01. The molecule has 0 spiro atoms. The normalized spacial score (nSPS) is 17.1. The molecular formula is C12H12F3NO5S. The molecule has 6 nitrogen and oxygen atoms in total. The fraction of sp³-hybridized carbons (Fsp3) is 0.417. The quantitative estimate of drug-likeness (QED) is 0.900. The molecule has 0 bridgehead atoms. The van der Waals surface area contributed by atoms with Crippen LogP contribution in [0.25, 0.3) is 0 Å². The molecule has 0 aromatic heterocycles. The summed E-state index contributed by atoms with van der Waals surface area (Å²) in [4.78, 5) is 10.7. The molecule has 22 heavy (non-hydrogen) atoms. The highest BCUT2D eigenvalue weighted by Gasteiger charge is 2.50. The highest BCUT2D eigenvalue weighted by atomic mass is 32.2. The summed E-state index contributed by atoms with van der Waals surface area (Å²) in [5.41, 5.74) is -0.378. The zero-order valence-corrected chi connectivity index (χ0v) is 12.1. The minimum atomic E-state index is -4.45. The molecule has 2 rings (SSSR count). The van der Waals surface area contributed by atoms with E-state index in [1.807, 2.05) is 0 Å². The van der Waals surface area contributed by atoms with Crippen molar-refractivity contribution in [2.45, 2.75) is 11.1 Å². The third kappa shape index (κ3) is 2.88. The van der Waals surface area contributed by atoms with Gasteiger partial charge in [-0.05, 0) is 18.2 Å². The topological polar surface area (TPSA) is 83.9 Å². The third-order valence-corrected chi connectivity index (χ3v) is 5.18. The van der Waals surface area contributed by atoms with E-state index in [-0.39, 0.29) is 16.2 Å². The second-order valence-electron chi connectivity index (χ2n) is 4.73. The van der Waals surface area contributed by atoms with Crippen LogP contribution in [0.3, 0.4) is 0 Å². The fourth-order valence-corrected chi connectivity index (χ4v) is 3.56. The number of aromatic carboxylic acids is 1. The molecule has 0 unspecified atom stereocenters. The number of rotatable bonds is 4. The molecule has 122 valence electrons. The lowest BCUT2D eigenvalue weighted by molar-refractivity contribution is -0.198. The number of halogens is 3. The van der Waals surface area contributed by atoms with Gasteiger partial charge in [0.2, 0.25) is 10.0 Å². The maximum Gasteiger partial charge on any atom is 0.394 e. The highest BCUT2D eigenvalue weighted by Crippen LogP contribution is 2.36. The lowest BCUT2D eigenvalue weighted by atomic mass is 10.0. The SMILES string of the molecule is COc1ccc(S(=O)(=O)N2CC(C(F)(F)F)C2)cc1C(=O)O. The number of carboxylic acid groups (broad SMARTS) is 1. The summed E-state index contributed by atoms with van der Waals surface area (Å²) in [6.07, 6.45) is -4.45. The number of methoxy groups -OCH3 is 1. The summed E-state index contributed by atoms with van der Waals surface area (Å²) < 4.78 is 67.1. The second-order valence-corrected chi connectivity index (χ2v) is 6.67. The van der Waals surface area contributed by atoms with Gasteiger partial charge in [0.25, 0.3) is 0 Å². The number of carboxylic acids is 1. The zero-order valence-electron chi connectivity index (χ0n) is 11.3. The molecular weight excluding hydrogens is 327 g/mol. The number of sulfonamides is 1. The van der Waals surface area contributed by atoms with Crippen molar-refractivity contribution in [3.63, 3.8) is 0 Å². The first-order chi connectivity index (χ1) is 10.1. The smallest absolute Gasteiger partial charge is 0.394 e. The molecule has 0 amide bonds. The monoisotopic (exact) mass is 339 g/mol. The van der Waals surface area contributed by atoms with Crippen molar-refractivity contribution in [3.05, 3.63) is 23.8 Å². The molecule has 1 aromatic rings. The molecule has 1 aromatic carbocycles. The molecule has 0 atom stereocenters. The summed E-state index contributed by atoms with van der Waals surface area (Å²) in [6, 6.07) is 3.12. The summed E-state index contributed by atoms with van der Waals surface area (Å²) in [7, 11) is -2.94. The first-order valence-electron chi connectivity index (χ1n) is 6.05. The summed E-state index contributed by atoms with van der Waals surface area (Å²) in [6.45, 7) is -1.33. The number of carbonyl (C=O) groups is 1. The van der Waals surface area contributed by atoms with Crippen LogP contribution in [0.2, 0.25) is 0 Å². The average Bonchev–Trinajstić information content (AvgIpc) is 2.33. The predicted molar refractivity (Wildman–Crippen MR) is 68.3 cm³/mol. The van der Waals surface area contributed by atoms with Gasteiger partial charge in [0.05, 0.1) is 17.9 Å². The molecule has 0 aliphatic carbocycles. The van der Waals surface area contributed by atoms with E-state index in [2.05, 4.69) is 0 Å². The van der Waals surface area contributed by atoms with Gasteiger partial charge < -0.3 is 9.84 Å². The summed E-state index contributed by atoms with van der Waals surface area (Å²) in [5.74, 6) is -3.13. The van der Waals surface area contributed by atoms with Gasteiger partial charge in [-0.15, -0.1) is 0 Å². The molecule has 1 heterocycles. The molecule has 1 aliphatic rings. The van der Waals surface area contributed by atoms with Crippen LogP contribution in [0, 0.1) is 5.92 Å². The van der Waals surface area contributed by atoms with Crippen molar-refractivity contribution in [2.75, 3.05) is 20.2 Å². The first-order valence-corrected chi connectivity index (χ1v) is 7.49. The van der Waals surface area contributed by atoms with Gasteiger partial charge >= 0.3 is 12.1 Å². The van der Waals surface area contributed by atoms with E-state index in [0.717, 1.165) is 18.2 Å². The van der Waals surface area contributed by atoms with Crippen molar-refractivity contribution < 1.29 is 36.2 Å². The van der Waals surface area contributed by atoms with Gasteiger partial charge in [0, 0.05) is 13.1 Å². The predicted octanol–water partition coefficient (Wildman–Crippen LogP) is 1.58. The Kier molecular flexibility index (Phi) is 4.09. The van der Waals surface area contributed by atoms with Gasteiger partial charge in [-0.1, -0.05) is 0 Å². The van der Waals surface area contributed by atoms with Crippen molar-refractivity contribution in [1.82, 2.24) is 4.31 Å². The number of hydrogen-bond acceptors (Lipinski definition) is 4. The molecule has 1 saturated heterocycles. The molecule has 1 N–H and O–H groups in total. The van der Waals surface area contributed by atoms with Gasteiger partial charge in [0.15, 0.2) is 0 Å². The van der Waals surface area contributed by atoms with Crippen molar-refractivity contribution in [3.8, 4) is 5.75 Å². The Balaban J connectivity index is 2.28. The number of alkyl halides is 3. The molecule has 0 radical (unpaired) electrons. The van der Waals surface area contributed by atoms with Crippen LogP contribution in [0.4, 0.5) is 13.2 Å². The second kappa shape index (κ2) is 5.43. The van der Waals surface area contributed by atoms with E-state index >= 15 is 0 Å². The van der Waals surface area contributed by atoms with E-state index in [1.165, 1.54) is 7.11 Å². The maximum absolute atomic E-state index is 12.4. The lowest BCUT2D eigenvalue weighted by Crippen LogP contribution is -2.55. The number of hydrogen-bond donors (Lipinski definition) is 1. The number of benzene rings is 1. The minimum Gasteiger partial charge on any atom is -0.496 e. The van der Waals surface area contributed by atoms with Gasteiger partial charge in [-0.2, -0.15) is 17.5 Å². The van der Waals surface area contributed by atoms with Crippen molar-refractivity contribution in [1.29, 1.82) is 0 Å². The Morgan fingerprint density at radius 3 is 2.41 bits per heavy atom. The van der Waals surface area contributed by atoms with Crippen molar-refractivity contribution >= 4 is 16.0 Å². The highest BCUT2D eigenvalue weighted by molar-refractivity contribution is 7.89. The van der Waals surface area contributed by atoms with Gasteiger partial charge in [0.1, 0.15) is 11.3 Å². The average molecular weight is 339 g/mol. The molecule has 10 heteroatoms. The van der Waals surface area contributed by atoms with Crippen LogP contribution in [-0.2, 0) is 10.0 Å². The zero-order chi connectivity index (χ0) is 16.7. The van der Waals surface area contributed by atoms with Crippen LogP contribution in [-0.4, -0.2) is 50.2 Å². The number of ether oxygens (including phenoxy) is 1. The minimum absolute atomic E-state index is 0.0387. The van der Waals surface area contributed by atoms with Crippen LogP contribution in [0.5, 0.6) is 5.75 Å². The molecule has 1 aliphatic heterocycles. The van der Waals surface area contributed by atoms with E-state index < -0.39 is 41.2 Å². The standard InChI is InChI=1S/C12H12F3NO5S/c1-21-10-3-2-8(4-9(10)11(17)18)22(19,20)16-5-7(6-16)12(13,14)15/h2-4,7H,5-6H2,1H3,(H,17,18). The molecule has 1 fully saturated rings. The summed E-state index contributed by atoms with van der Waals surface area (Å²) >= 11 is 0. The first kappa shape index (κ1) is 16.6. The van der Waals surface area contributed by atoms with Crippen molar-refractivity contribution in [2.24, 2.45) is 5.92 Å². The lowest BCUT2D eigenvalue weighted by Gasteiger charge is -2.38. The Bertz CT molecular complexity index is 695. The number of nitrogens with zero attached hydrogens (tertiary/aromatic N) is 1. The van der Waals surface area contributed by atoms with E-state index in [4.69, 9.17) is 9.84 Å². The van der Waals surface area contributed by atoms with E-state index in [9.17, 15) is 26.4 Å². The third-order valence-electron chi connectivity index (χ3n) is 3.35.